The maximum Gasteiger partial charge on any atom is 0.237 e. The molecule has 0 saturated heterocycles. The van der Waals surface area contributed by atoms with Crippen LogP contribution in [-0.2, 0) is 11.2 Å². The molecule has 122 valence electrons. The summed E-state index contributed by atoms with van der Waals surface area (Å²) in [7, 11) is 0. The largest absolute Gasteiger partial charge is 0.332 e. The van der Waals surface area contributed by atoms with Crippen molar-refractivity contribution in [3.63, 3.8) is 0 Å². The lowest BCUT2D eigenvalue weighted by molar-refractivity contribution is -0.116. The van der Waals surface area contributed by atoms with Crippen LogP contribution >= 0.6 is 11.8 Å². The molecule has 0 saturated carbocycles. The van der Waals surface area contributed by atoms with Gasteiger partial charge in [0.05, 0.1) is 18.1 Å². The van der Waals surface area contributed by atoms with Gasteiger partial charge in [0.2, 0.25) is 5.91 Å². The maximum absolute atomic E-state index is 12.8. The van der Waals surface area contributed by atoms with E-state index in [4.69, 9.17) is 0 Å². The Labute approximate surface area is 141 Å². The Kier molecular flexibility index (Phi) is 4.48. The number of hydrogen-bond donors (Lipinski definition) is 0. The smallest absolute Gasteiger partial charge is 0.237 e. The summed E-state index contributed by atoms with van der Waals surface area (Å²) < 4.78 is 2.20. The van der Waals surface area contributed by atoms with Crippen LogP contribution in [0.2, 0.25) is 0 Å². The Morgan fingerprint density at radius 3 is 2.83 bits per heavy atom. The van der Waals surface area contributed by atoms with Crippen LogP contribution in [0.25, 0.3) is 0 Å². The number of hydrogen-bond acceptors (Lipinski definition) is 3. The molecule has 0 N–H and O–H groups in total. The van der Waals surface area contributed by atoms with E-state index in [1.807, 2.05) is 29.6 Å². The fraction of sp³-hybridized carbons (Fsp3) is 0.444. The molecule has 23 heavy (non-hydrogen) atoms. The fourth-order valence-corrected chi connectivity index (χ4v) is 3.56. The number of anilines is 1. The normalized spacial score (nSPS) is 17.9. The van der Waals surface area contributed by atoms with Crippen molar-refractivity contribution in [1.82, 2.24) is 9.55 Å². The van der Waals surface area contributed by atoms with E-state index in [9.17, 15) is 4.79 Å². The highest BCUT2D eigenvalue weighted by atomic mass is 32.2. The molecule has 0 fully saturated rings. The zero-order valence-electron chi connectivity index (χ0n) is 13.9. The Morgan fingerprint density at radius 2 is 2.13 bits per heavy atom. The second kappa shape index (κ2) is 6.40. The molecule has 0 bridgehead atoms. The van der Waals surface area contributed by atoms with Crippen LogP contribution in [-0.4, -0.2) is 32.5 Å². The third kappa shape index (κ3) is 3.78. The molecule has 5 heteroatoms. The third-order valence-electron chi connectivity index (χ3n) is 4.01. The van der Waals surface area contributed by atoms with Crippen molar-refractivity contribution < 1.29 is 4.79 Å². The first-order valence-corrected chi connectivity index (χ1v) is 8.92. The number of carbonyl (C=O) groups excluding carboxylic acids is 1. The second-order valence-electron chi connectivity index (χ2n) is 6.90. The first-order chi connectivity index (χ1) is 10.9. The molecule has 2 aromatic rings. The summed E-state index contributed by atoms with van der Waals surface area (Å²) in [5, 5.41) is 0. The average Bonchev–Trinajstić information content (AvgIpc) is 3.05. The number of nitrogens with zero attached hydrogens (tertiary/aromatic N) is 3. The molecule has 1 aromatic heterocycles. The zero-order chi connectivity index (χ0) is 16.4. The SMILES string of the molecule is CC(C)(C)SCC(=O)N1CC(n2ccnc2)Cc2ccccc21. The molecule has 1 aromatic carbocycles. The summed E-state index contributed by atoms with van der Waals surface area (Å²) in [4.78, 5) is 18.9. The van der Waals surface area contributed by atoms with Gasteiger partial charge in [0, 0.05) is 29.4 Å². The van der Waals surface area contributed by atoms with Gasteiger partial charge in [0.25, 0.3) is 0 Å². The number of aromatic nitrogens is 2. The monoisotopic (exact) mass is 329 g/mol. The summed E-state index contributed by atoms with van der Waals surface area (Å²) in [6.45, 7) is 7.13. The van der Waals surface area contributed by atoms with Crippen molar-refractivity contribution in [3.8, 4) is 0 Å². The lowest BCUT2D eigenvalue weighted by Gasteiger charge is -2.35. The van der Waals surface area contributed by atoms with Crippen molar-refractivity contribution >= 4 is 23.4 Å². The first-order valence-electron chi connectivity index (χ1n) is 7.94. The number of fused-ring (bicyclic) bond motifs is 1. The number of thioether (sulfide) groups is 1. The van der Waals surface area contributed by atoms with Crippen LogP contribution in [0.4, 0.5) is 5.69 Å². The number of imidazole rings is 1. The van der Waals surface area contributed by atoms with Crippen LogP contribution in [0.15, 0.2) is 43.0 Å². The fourth-order valence-electron chi connectivity index (χ4n) is 2.85. The molecule has 1 aliphatic heterocycles. The minimum Gasteiger partial charge on any atom is -0.332 e. The van der Waals surface area contributed by atoms with E-state index in [1.165, 1.54) is 5.56 Å². The molecule has 1 amide bonds. The van der Waals surface area contributed by atoms with E-state index in [1.54, 1.807) is 18.0 Å². The van der Waals surface area contributed by atoms with Gasteiger partial charge in [-0.05, 0) is 18.1 Å². The van der Waals surface area contributed by atoms with Gasteiger partial charge in [-0.15, -0.1) is 11.8 Å². The highest BCUT2D eigenvalue weighted by Gasteiger charge is 2.29. The van der Waals surface area contributed by atoms with Crippen molar-refractivity contribution in [2.24, 2.45) is 0 Å². The van der Waals surface area contributed by atoms with Gasteiger partial charge in [-0.2, -0.15) is 0 Å². The molecule has 0 radical (unpaired) electrons. The van der Waals surface area contributed by atoms with Crippen molar-refractivity contribution in [2.45, 2.75) is 38.0 Å². The van der Waals surface area contributed by atoms with Crippen molar-refractivity contribution in [1.29, 1.82) is 0 Å². The highest BCUT2D eigenvalue weighted by molar-refractivity contribution is 8.01. The van der Waals surface area contributed by atoms with Crippen LogP contribution < -0.4 is 4.90 Å². The molecule has 1 unspecified atom stereocenters. The van der Waals surface area contributed by atoms with Crippen molar-refractivity contribution in [2.75, 3.05) is 17.2 Å². The summed E-state index contributed by atoms with van der Waals surface area (Å²) in [5.74, 6) is 0.691. The Balaban J connectivity index is 1.84. The summed E-state index contributed by atoms with van der Waals surface area (Å²) in [6.07, 6.45) is 6.54. The van der Waals surface area contributed by atoms with Gasteiger partial charge in [0.1, 0.15) is 0 Å². The van der Waals surface area contributed by atoms with Gasteiger partial charge >= 0.3 is 0 Å². The van der Waals surface area contributed by atoms with E-state index < -0.39 is 0 Å². The number of benzene rings is 1. The highest BCUT2D eigenvalue weighted by Crippen LogP contribution is 2.33. The molecule has 0 aliphatic carbocycles. The van der Waals surface area contributed by atoms with E-state index in [0.717, 1.165) is 12.1 Å². The number of para-hydroxylation sites is 1. The average molecular weight is 329 g/mol. The van der Waals surface area contributed by atoms with Crippen molar-refractivity contribution in [3.05, 3.63) is 48.5 Å². The van der Waals surface area contributed by atoms with E-state index in [-0.39, 0.29) is 16.7 Å². The van der Waals surface area contributed by atoms with Gasteiger partial charge in [-0.25, -0.2) is 4.98 Å². The molecule has 2 heterocycles. The van der Waals surface area contributed by atoms with Crippen LogP contribution in [0.3, 0.4) is 0 Å². The van der Waals surface area contributed by atoms with E-state index in [0.29, 0.717) is 12.3 Å². The number of carbonyl (C=O) groups is 1. The first kappa shape index (κ1) is 16.1. The van der Waals surface area contributed by atoms with E-state index >= 15 is 0 Å². The van der Waals surface area contributed by atoms with Gasteiger partial charge in [-0.3, -0.25) is 4.79 Å². The lowest BCUT2D eigenvalue weighted by atomic mass is 9.97. The summed E-state index contributed by atoms with van der Waals surface area (Å²) in [6, 6.07) is 8.47. The predicted octanol–water partition coefficient (Wildman–Crippen LogP) is 3.55. The Hall–Kier alpha value is -1.75. The number of rotatable bonds is 3. The minimum atomic E-state index is 0.0920. The molecular formula is C18H23N3OS. The van der Waals surface area contributed by atoms with Gasteiger partial charge in [0.15, 0.2) is 0 Å². The molecule has 1 atom stereocenters. The predicted molar refractivity (Wildman–Crippen MR) is 96.0 cm³/mol. The lowest BCUT2D eigenvalue weighted by Crippen LogP contribution is -2.42. The van der Waals surface area contributed by atoms with E-state index in [2.05, 4.69) is 42.5 Å². The van der Waals surface area contributed by atoms with Gasteiger partial charge < -0.3 is 9.47 Å². The van der Waals surface area contributed by atoms with Crippen LogP contribution in [0, 0.1) is 0 Å². The molecular weight excluding hydrogens is 306 g/mol. The summed E-state index contributed by atoms with van der Waals surface area (Å²) in [5.41, 5.74) is 2.29. The minimum absolute atomic E-state index is 0.0920. The zero-order valence-corrected chi connectivity index (χ0v) is 14.7. The molecule has 3 rings (SSSR count). The van der Waals surface area contributed by atoms with Gasteiger partial charge in [-0.1, -0.05) is 39.0 Å². The standard InChI is InChI=1S/C18H23N3OS/c1-18(2,3)23-12-17(22)21-11-15(20-9-8-19-13-20)10-14-6-4-5-7-16(14)21/h4-9,13,15H,10-12H2,1-3H3. The molecule has 4 nitrogen and oxygen atoms in total. The maximum atomic E-state index is 12.8. The molecule has 0 spiro atoms. The van der Waals surface area contributed by atoms with Crippen LogP contribution in [0.5, 0.6) is 0 Å². The number of amides is 1. The molecule has 1 aliphatic rings. The second-order valence-corrected chi connectivity index (χ2v) is 8.70. The third-order valence-corrected chi connectivity index (χ3v) is 5.26. The Bertz CT molecular complexity index is 676. The van der Waals surface area contributed by atoms with Crippen LogP contribution in [0.1, 0.15) is 32.4 Å². The topological polar surface area (TPSA) is 38.1 Å². The quantitative estimate of drug-likeness (QED) is 0.864. The Morgan fingerprint density at radius 1 is 1.35 bits per heavy atom. The summed E-state index contributed by atoms with van der Waals surface area (Å²) >= 11 is 1.70.